The zero-order valence-electron chi connectivity index (χ0n) is 13.7. The Morgan fingerprint density at radius 2 is 2.14 bits per heavy atom. The molecule has 0 bridgehead atoms. The number of aromatic nitrogens is 2. The van der Waals surface area contributed by atoms with Gasteiger partial charge in [-0.2, -0.15) is 5.10 Å². The molecular formula is C17H26N4O. The second-order valence-corrected chi connectivity index (χ2v) is 7.11. The molecular weight excluding hydrogens is 276 g/mol. The van der Waals surface area contributed by atoms with Crippen molar-refractivity contribution in [3.8, 4) is 0 Å². The molecule has 2 heterocycles. The van der Waals surface area contributed by atoms with Crippen molar-refractivity contribution < 1.29 is 4.79 Å². The molecule has 22 heavy (non-hydrogen) atoms. The van der Waals surface area contributed by atoms with Gasteiger partial charge in [0.15, 0.2) is 5.69 Å². The predicted octanol–water partition coefficient (Wildman–Crippen LogP) is 2.20. The number of rotatable bonds is 4. The molecule has 3 rings (SSSR count). The summed E-state index contributed by atoms with van der Waals surface area (Å²) >= 11 is 0. The highest BCUT2D eigenvalue weighted by Gasteiger charge is 2.32. The highest BCUT2D eigenvalue weighted by molar-refractivity contribution is 5.92. The van der Waals surface area contributed by atoms with Gasteiger partial charge in [0.1, 0.15) is 0 Å². The molecule has 2 fully saturated rings. The van der Waals surface area contributed by atoms with Gasteiger partial charge in [-0.3, -0.25) is 9.69 Å². The molecule has 1 aromatic rings. The van der Waals surface area contributed by atoms with Crippen LogP contribution in [0.4, 0.5) is 0 Å². The number of carbonyl (C=O) groups is 1. The SMILES string of the molecule is CC(C)N1C[C@H](C)[C@H](NC(=O)c2cc(C3CCC3)cnn2)C1. The Morgan fingerprint density at radius 1 is 1.36 bits per heavy atom. The molecule has 1 saturated heterocycles. The summed E-state index contributed by atoms with van der Waals surface area (Å²) in [7, 11) is 0. The van der Waals surface area contributed by atoms with Gasteiger partial charge in [-0.1, -0.05) is 13.3 Å². The van der Waals surface area contributed by atoms with Crippen molar-refractivity contribution in [2.45, 2.75) is 58.0 Å². The van der Waals surface area contributed by atoms with Crippen molar-refractivity contribution in [3.63, 3.8) is 0 Å². The van der Waals surface area contributed by atoms with Crippen molar-refractivity contribution in [2.24, 2.45) is 5.92 Å². The van der Waals surface area contributed by atoms with Crippen LogP contribution >= 0.6 is 0 Å². The van der Waals surface area contributed by atoms with Gasteiger partial charge in [0, 0.05) is 25.2 Å². The predicted molar refractivity (Wildman–Crippen MR) is 85.8 cm³/mol. The molecule has 2 atom stereocenters. The Labute approximate surface area is 132 Å². The van der Waals surface area contributed by atoms with Crippen molar-refractivity contribution in [3.05, 3.63) is 23.5 Å². The highest BCUT2D eigenvalue weighted by atomic mass is 16.2. The van der Waals surface area contributed by atoms with Gasteiger partial charge in [-0.05, 0) is 50.2 Å². The first-order valence-electron chi connectivity index (χ1n) is 8.42. The minimum atomic E-state index is -0.0869. The monoisotopic (exact) mass is 302 g/mol. The van der Waals surface area contributed by atoms with E-state index in [0.717, 1.165) is 18.7 Å². The molecule has 0 radical (unpaired) electrons. The number of nitrogens with zero attached hydrogens (tertiary/aromatic N) is 3. The van der Waals surface area contributed by atoms with Crippen LogP contribution in [0.2, 0.25) is 0 Å². The molecule has 1 aliphatic heterocycles. The number of nitrogens with one attached hydrogen (secondary N) is 1. The zero-order chi connectivity index (χ0) is 15.7. The Bertz CT molecular complexity index is 541. The third kappa shape index (κ3) is 3.14. The van der Waals surface area contributed by atoms with E-state index in [0.29, 0.717) is 23.6 Å². The van der Waals surface area contributed by atoms with Crippen LogP contribution < -0.4 is 5.32 Å². The van der Waals surface area contributed by atoms with Crippen LogP contribution in [0.3, 0.4) is 0 Å². The van der Waals surface area contributed by atoms with Crippen LogP contribution in [-0.2, 0) is 0 Å². The summed E-state index contributed by atoms with van der Waals surface area (Å²) in [6.07, 6.45) is 5.49. The normalized spacial score (nSPS) is 26.2. The van der Waals surface area contributed by atoms with Crippen LogP contribution in [0.15, 0.2) is 12.3 Å². The fraction of sp³-hybridized carbons (Fsp3) is 0.706. The van der Waals surface area contributed by atoms with Crippen LogP contribution in [0.1, 0.15) is 62.0 Å². The lowest BCUT2D eigenvalue weighted by Crippen LogP contribution is -2.41. The third-order valence-corrected chi connectivity index (χ3v) is 5.17. The standard InChI is InChI=1S/C17H26N4O/c1-11(2)21-9-12(3)16(10-21)19-17(22)15-7-14(8-18-20-15)13-5-4-6-13/h7-8,11-13,16H,4-6,9-10H2,1-3H3,(H,19,22)/t12-,16+/m0/s1. The Hall–Kier alpha value is -1.49. The topological polar surface area (TPSA) is 58.1 Å². The minimum Gasteiger partial charge on any atom is -0.346 e. The van der Waals surface area contributed by atoms with E-state index in [1.807, 2.05) is 6.07 Å². The lowest BCUT2D eigenvalue weighted by molar-refractivity contribution is 0.0924. The van der Waals surface area contributed by atoms with Crippen molar-refractivity contribution in [1.29, 1.82) is 0 Å². The number of likely N-dealkylation sites (tertiary alicyclic amines) is 1. The smallest absolute Gasteiger partial charge is 0.272 e. The van der Waals surface area contributed by atoms with Gasteiger partial charge in [0.25, 0.3) is 5.91 Å². The maximum atomic E-state index is 12.5. The van der Waals surface area contributed by atoms with Gasteiger partial charge >= 0.3 is 0 Å². The fourth-order valence-electron chi connectivity index (χ4n) is 3.31. The van der Waals surface area contributed by atoms with Crippen LogP contribution in [0.5, 0.6) is 0 Å². The van der Waals surface area contributed by atoms with Gasteiger partial charge < -0.3 is 5.32 Å². The van der Waals surface area contributed by atoms with E-state index < -0.39 is 0 Å². The quantitative estimate of drug-likeness (QED) is 0.926. The van der Waals surface area contributed by atoms with E-state index >= 15 is 0 Å². The fourth-order valence-corrected chi connectivity index (χ4v) is 3.31. The number of hydrogen-bond acceptors (Lipinski definition) is 4. The maximum Gasteiger partial charge on any atom is 0.272 e. The van der Waals surface area contributed by atoms with E-state index in [2.05, 4.69) is 41.2 Å². The molecule has 0 spiro atoms. The zero-order valence-corrected chi connectivity index (χ0v) is 13.7. The van der Waals surface area contributed by atoms with Crippen molar-refractivity contribution in [2.75, 3.05) is 13.1 Å². The first-order valence-corrected chi connectivity index (χ1v) is 8.42. The minimum absolute atomic E-state index is 0.0869. The van der Waals surface area contributed by atoms with E-state index in [-0.39, 0.29) is 11.9 Å². The lowest BCUT2D eigenvalue weighted by Gasteiger charge is -2.25. The largest absolute Gasteiger partial charge is 0.346 e. The average Bonchev–Trinajstić information content (AvgIpc) is 2.79. The van der Waals surface area contributed by atoms with Crippen LogP contribution in [0.25, 0.3) is 0 Å². The summed E-state index contributed by atoms with van der Waals surface area (Å²) in [5, 5.41) is 11.2. The summed E-state index contributed by atoms with van der Waals surface area (Å²) in [5.41, 5.74) is 1.62. The van der Waals surface area contributed by atoms with Gasteiger partial charge in [-0.15, -0.1) is 5.10 Å². The summed E-state index contributed by atoms with van der Waals surface area (Å²) in [5.74, 6) is 0.953. The third-order valence-electron chi connectivity index (χ3n) is 5.17. The van der Waals surface area contributed by atoms with Gasteiger partial charge in [-0.25, -0.2) is 0 Å². The van der Waals surface area contributed by atoms with Crippen LogP contribution in [0, 0.1) is 5.92 Å². The second kappa shape index (κ2) is 6.32. The molecule has 0 unspecified atom stereocenters. The molecule has 1 saturated carbocycles. The van der Waals surface area contributed by atoms with Crippen molar-refractivity contribution >= 4 is 5.91 Å². The molecule has 1 N–H and O–H groups in total. The van der Waals surface area contributed by atoms with Gasteiger partial charge in [0.2, 0.25) is 0 Å². The summed E-state index contributed by atoms with van der Waals surface area (Å²) in [6.45, 7) is 8.55. The molecule has 1 amide bonds. The summed E-state index contributed by atoms with van der Waals surface area (Å²) in [6, 6.07) is 2.64. The van der Waals surface area contributed by atoms with Gasteiger partial charge in [0.05, 0.1) is 6.20 Å². The van der Waals surface area contributed by atoms with Crippen molar-refractivity contribution in [1.82, 2.24) is 20.4 Å². The van der Waals surface area contributed by atoms with E-state index in [1.165, 1.54) is 19.3 Å². The summed E-state index contributed by atoms with van der Waals surface area (Å²) < 4.78 is 0. The molecule has 120 valence electrons. The number of hydrogen-bond donors (Lipinski definition) is 1. The lowest BCUT2D eigenvalue weighted by atomic mass is 9.81. The molecule has 1 aliphatic carbocycles. The molecule has 0 aromatic carbocycles. The second-order valence-electron chi connectivity index (χ2n) is 7.11. The Kier molecular flexibility index (Phi) is 4.43. The number of amides is 1. The average molecular weight is 302 g/mol. The van der Waals surface area contributed by atoms with E-state index in [4.69, 9.17) is 0 Å². The molecule has 1 aromatic heterocycles. The number of carbonyl (C=O) groups excluding carboxylic acids is 1. The molecule has 5 heteroatoms. The Morgan fingerprint density at radius 3 is 2.73 bits per heavy atom. The Balaban J connectivity index is 1.64. The van der Waals surface area contributed by atoms with E-state index in [9.17, 15) is 4.79 Å². The van der Waals surface area contributed by atoms with Crippen LogP contribution in [-0.4, -0.2) is 46.2 Å². The summed E-state index contributed by atoms with van der Waals surface area (Å²) in [4.78, 5) is 14.9. The maximum absolute atomic E-state index is 12.5. The first kappa shape index (κ1) is 15.4. The molecule has 5 nitrogen and oxygen atoms in total. The van der Waals surface area contributed by atoms with E-state index in [1.54, 1.807) is 6.20 Å². The highest BCUT2D eigenvalue weighted by Crippen LogP contribution is 2.35. The first-order chi connectivity index (χ1) is 10.5. The molecule has 2 aliphatic rings.